The van der Waals surface area contributed by atoms with Crippen LogP contribution in [0.2, 0.25) is 0 Å². The first kappa shape index (κ1) is 14.8. The van der Waals surface area contributed by atoms with Crippen molar-refractivity contribution in [3.8, 4) is 0 Å². The lowest BCUT2D eigenvalue weighted by Crippen LogP contribution is -2.60. The van der Waals surface area contributed by atoms with Crippen molar-refractivity contribution in [3.05, 3.63) is 28.2 Å². The molecule has 3 nitrogen and oxygen atoms in total. The van der Waals surface area contributed by atoms with Crippen molar-refractivity contribution in [1.29, 1.82) is 0 Å². The highest BCUT2D eigenvalue weighted by molar-refractivity contribution is 9.10. The largest absolute Gasteiger partial charge is 0.398 e. The summed E-state index contributed by atoms with van der Waals surface area (Å²) in [6.45, 7) is 8.19. The van der Waals surface area contributed by atoms with Crippen LogP contribution < -0.4 is 11.1 Å². The molecule has 0 spiro atoms. The molecule has 0 radical (unpaired) electrons. The lowest BCUT2D eigenvalue weighted by atomic mass is 9.64. The lowest BCUT2D eigenvalue weighted by Gasteiger charge is -2.52. The molecule has 0 amide bonds. The highest BCUT2D eigenvalue weighted by Gasteiger charge is 2.48. The first-order valence-electron chi connectivity index (χ1n) is 6.84. The Hall–Kier alpha value is -0.580. The third kappa shape index (κ3) is 3.12. The Kier molecular flexibility index (Phi) is 4.54. The number of hydrogen-bond donors (Lipinski definition) is 2. The summed E-state index contributed by atoms with van der Waals surface area (Å²) in [4.78, 5) is 0. The minimum absolute atomic E-state index is 0.195. The van der Waals surface area contributed by atoms with Crippen LogP contribution in [0, 0.1) is 5.41 Å². The number of nitrogens with one attached hydrogen (secondary N) is 1. The van der Waals surface area contributed by atoms with Crippen molar-refractivity contribution < 1.29 is 4.74 Å². The Bertz CT molecular complexity index is 448. The summed E-state index contributed by atoms with van der Waals surface area (Å²) < 4.78 is 6.77. The molecule has 0 aliphatic heterocycles. The molecule has 1 aliphatic carbocycles. The van der Waals surface area contributed by atoms with Crippen molar-refractivity contribution in [2.45, 2.75) is 45.9 Å². The van der Waals surface area contributed by atoms with E-state index < -0.39 is 0 Å². The molecular formula is C15H23BrN2O. The molecule has 1 saturated carbocycles. The van der Waals surface area contributed by atoms with E-state index in [1.54, 1.807) is 0 Å². The van der Waals surface area contributed by atoms with Gasteiger partial charge in [-0.3, -0.25) is 0 Å². The zero-order valence-corrected chi connectivity index (χ0v) is 13.5. The Labute approximate surface area is 124 Å². The second kappa shape index (κ2) is 5.81. The van der Waals surface area contributed by atoms with E-state index in [1.807, 2.05) is 12.1 Å². The number of nitrogen functional groups attached to an aromatic ring is 1. The summed E-state index contributed by atoms with van der Waals surface area (Å²) in [6, 6.07) is 6.54. The van der Waals surface area contributed by atoms with Crippen LogP contribution in [0.1, 0.15) is 32.8 Å². The maximum absolute atomic E-state index is 6.01. The highest BCUT2D eigenvalue weighted by Crippen LogP contribution is 2.42. The first-order chi connectivity index (χ1) is 8.95. The van der Waals surface area contributed by atoms with Gasteiger partial charge in [0.25, 0.3) is 0 Å². The number of nitrogens with two attached hydrogens (primary N) is 1. The van der Waals surface area contributed by atoms with E-state index in [1.165, 1.54) is 0 Å². The molecule has 1 aliphatic rings. The Morgan fingerprint density at radius 3 is 2.79 bits per heavy atom. The van der Waals surface area contributed by atoms with Crippen molar-refractivity contribution in [2.75, 3.05) is 12.3 Å². The number of anilines is 1. The minimum Gasteiger partial charge on any atom is -0.398 e. The van der Waals surface area contributed by atoms with Crippen LogP contribution in [-0.4, -0.2) is 18.8 Å². The summed E-state index contributed by atoms with van der Waals surface area (Å²) in [6.07, 6.45) is 1.45. The minimum atomic E-state index is 0.195. The maximum Gasteiger partial charge on any atom is 0.0655 e. The lowest BCUT2D eigenvalue weighted by molar-refractivity contribution is -0.114. The van der Waals surface area contributed by atoms with Crippen LogP contribution in [-0.2, 0) is 11.3 Å². The van der Waals surface area contributed by atoms with Crippen LogP contribution in [0.3, 0.4) is 0 Å². The van der Waals surface area contributed by atoms with Gasteiger partial charge >= 0.3 is 0 Å². The van der Waals surface area contributed by atoms with Gasteiger partial charge in [-0.1, -0.05) is 35.8 Å². The molecule has 2 rings (SSSR count). The van der Waals surface area contributed by atoms with Gasteiger partial charge in [0.2, 0.25) is 0 Å². The number of hydrogen-bond acceptors (Lipinski definition) is 3. The topological polar surface area (TPSA) is 47.3 Å². The molecule has 0 aromatic heterocycles. The van der Waals surface area contributed by atoms with Crippen molar-refractivity contribution >= 4 is 21.6 Å². The molecule has 1 aromatic carbocycles. The number of halogens is 1. The van der Waals surface area contributed by atoms with Crippen molar-refractivity contribution in [3.63, 3.8) is 0 Å². The summed E-state index contributed by atoms with van der Waals surface area (Å²) >= 11 is 3.43. The smallest absolute Gasteiger partial charge is 0.0655 e. The third-order valence-electron chi connectivity index (χ3n) is 4.19. The third-order valence-corrected chi connectivity index (χ3v) is 4.69. The SMILES string of the molecule is CCOC1CC(NCc2ccc(Br)cc2N)C1(C)C. The average molecular weight is 327 g/mol. The quantitative estimate of drug-likeness (QED) is 0.816. The van der Waals surface area contributed by atoms with Gasteiger partial charge in [0, 0.05) is 34.8 Å². The highest BCUT2D eigenvalue weighted by atomic mass is 79.9. The van der Waals surface area contributed by atoms with E-state index in [-0.39, 0.29) is 5.41 Å². The molecule has 3 N–H and O–H groups in total. The van der Waals surface area contributed by atoms with Gasteiger partial charge in [0.15, 0.2) is 0 Å². The van der Waals surface area contributed by atoms with Crippen molar-refractivity contribution in [1.82, 2.24) is 5.32 Å². The predicted octanol–water partition coefficient (Wildman–Crippen LogP) is 3.32. The molecule has 0 heterocycles. The van der Waals surface area contributed by atoms with Crippen LogP contribution >= 0.6 is 15.9 Å². The number of rotatable bonds is 5. The van der Waals surface area contributed by atoms with Gasteiger partial charge in [0.05, 0.1) is 6.10 Å². The van der Waals surface area contributed by atoms with Gasteiger partial charge in [-0.2, -0.15) is 0 Å². The van der Waals surface area contributed by atoms with E-state index in [0.29, 0.717) is 12.1 Å². The molecule has 2 atom stereocenters. The van der Waals surface area contributed by atoms with Crippen molar-refractivity contribution in [2.24, 2.45) is 5.41 Å². The van der Waals surface area contributed by atoms with E-state index in [9.17, 15) is 0 Å². The molecular weight excluding hydrogens is 304 g/mol. The standard InChI is InChI=1S/C15H23BrN2O/c1-4-19-14-8-13(15(14,2)3)18-9-10-5-6-11(16)7-12(10)17/h5-7,13-14,18H,4,8-9,17H2,1-3H3. The van der Waals surface area contributed by atoms with Crippen LogP contribution in [0.15, 0.2) is 22.7 Å². The zero-order chi connectivity index (χ0) is 14.0. The van der Waals surface area contributed by atoms with Gasteiger partial charge in [-0.25, -0.2) is 0 Å². The molecule has 19 heavy (non-hydrogen) atoms. The van der Waals surface area contributed by atoms with Crippen LogP contribution in [0.25, 0.3) is 0 Å². The maximum atomic E-state index is 6.01. The Balaban J connectivity index is 1.90. The first-order valence-corrected chi connectivity index (χ1v) is 7.63. The summed E-state index contributed by atoms with van der Waals surface area (Å²) in [7, 11) is 0. The van der Waals surface area contributed by atoms with Gasteiger partial charge in [-0.05, 0) is 31.0 Å². The van der Waals surface area contributed by atoms with E-state index >= 15 is 0 Å². The second-order valence-corrected chi connectivity index (χ2v) is 6.69. The van der Waals surface area contributed by atoms with Crippen LogP contribution in [0.5, 0.6) is 0 Å². The summed E-state index contributed by atoms with van der Waals surface area (Å²) in [5, 5.41) is 3.60. The molecule has 1 aromatic rings. The van der Waals surface area contributed by atoms with Gasteiger partial charge in [0.1, 0.15) is 0 Å². The monoisotopic (exact) mass is 326 g/mol. The number of benzene rings is 1. The molecule has 1 fully saturated rings. The fourth-order valence-electron chi connectivity index (χ4n) is 2.68. The second-order valence-electron chi connectivity index (χ2n) is 5.78. The molecule has 2 unspecified atom stereocenters. The Morgan fingerprint density at radius 1 is 1.47 bits per heavy atom. The summed E-state index contributed by atoms with van der Waals surface area (Å²) in [5.74, 6) is 0. The van der Waals surface area contributed by atoms with Crippen LogP contribution in [0.4, 0.5) is 5.69 Å². The van der Waals surface area contributed by atoms with E-state index in [4.69, 9.17) is 10.5 Å². The molecule has 4 heteroatoms. The number of ether oxygens (including phenoxy) is 1. The normalized spacial score (nSPS) is 25.1. The fourth-order valence-corrected chi connectivity index (χ4v) is 3.05. The van der Waals surface area contributed by atoms with Gasteiger partial charge < -0.3 is 15.8 Å². The molecule has 0 bridgehead atoms. The molecule has 106 valence electrons. The van der Waals surface area contributed by atoms with E-state index in [0.717, 1.165) is 35.3 Å². The zero-order valence-electron chi connectivity index (χ0n) is 11.9. The van der Waals surface area contributed by atoms with E-state index in [2.05, 4.69) is 48.1 Å². The molecule has 0 saturated heterocycles. The fraction of sp³-hybridized carbons (Fsp3) is 0.600. The predicted molar refractivity (Wildman–Crippen MR) is 83.0 cm³/mol. The average Bonchev–Trinajstić information content (AvgIpc) is 2.35. The summed E-state index contributed by atoms with van der Waals surface area (Å²) in [5.41, 5.74) is 8.19. The van der Waals surface area contributed by atoms with Gasteiger partial charge in [-0.15, -0.1) is 0 Å². The Morgan fingerprint density at radius 2 is 2.21 bits per heavy atom.